The van der Waals surface area contributed by atoms with Gasteiger partial charge in [0.15, 0.2) is 0 Å². The first kappa shape index (κ1) is 31.9. The molecule has 3 aromatic rings. The first-order valence-electron chi connectivity index (χ1n) is 13.7. The minimum Gasteiger partial charge on any atom is -0.496 e. The lowest BCUT2D eigenvalue weighted by Crippen LogP contribution is -2.55. The van der Waals surface area contributed by atoms with E-state index in [2.05, 4.69) is 16.0 Å². The molecule has 1 aromatic heterocycles. The van der Waals surface area contributed by atoms with Gasteiger partial charge in [-0.2, -0.15) is 0 Å². The summed E-state index contributed by atoms with van der Waals surface area (Å²) in [6.45, 7) is 6.68. The first-order valence-corrected chi connectivity index (χ1v) is 13.7. The molecule has 3 rings (SSSR count). The second kappa shape index (κ2) is 14.3. The number of carboxylic acid groups (broad SMARTS) is 1. The highest BCUT2D eigenvalue weighted by atomic mass is 16.5. The van der Waals surface area contributed by atoms with Crippen molar-refractivity contribution in [2.45, 2.75) is 59.0 Å². The molecule has 0 bridgehead atoms. The Labute approximate surface area is 243 Å². The third-order valence-electron chi connectivity index (χ3n) is 7.20. The molecule has 0 saturated carbocycles. The molecule has 0 radical (unpaired) electrons. The molecule has 11 nitrogen and oxygen atoms in total. The second-order valence-corrected chi connectivity index (χ2v) is 10.3. The van der Waals surface area contributed by atoms with Crippen molar-refractivity contribution in [3.8, 4) is 5.75 Å². The average molecular weight is 580 g/mol. The summed E-state index contributed by atoms with van der Waals surface area (Å²) in [5.74, 6) is -2.88. The number of aliphatic carboxylic acids is 1. The van der Waals surface area contributed by atoms with Gasteiger partial charge < -0.3 is 30.2 Å². The molecule has 3 atom stereocenters. The summed E-state index contributed by atoms with van der Waals surface area (Å²) in [5, 5.41) is 17.9. The first-order chi connectivity index (χ1) is 19.9. The number of amides is 3. The molecule has 224 valence electrons. The van der Waals surface area contributed by atoms with Gasteiger partial charge in [0.25, 0.3) is 0 Å². The van der Waals surface area contributed by atoms with Crippen molar-refractivity contribution in [1.29, 1.82) is 0 Å². The quantitative estimate of drug-likeness (QED) is 0.224. The number of ether oxygens (including phenoxy) is 1. The molecule has 42 heavy (non-hydrogen) atoms. The molecule has 11 heteroatoms. The fraction of sp³-hybridized carbons (Fsp3) is 0.387. The monoisotopic (exact) mass is 579 g/mol. The number of aryl methyl sites for hydroxylation is 2. The number of benzene rings is 2. The minimum absolute atomic E-state index is 0.0762. The fourth-order valence-corrected chi connectivity index (χ4v) is 4.64. The molecule has 4 N–H and O–H groups in total. The van der Waals surface area contributed by atoms with E-state index in [0.29, 0.717) is 28.7 Å². The Balaban J connectivity index is 1.66. The van der Waals surface area contributed by atoms with Crippen molar-refractivity contribution in [1.82, 2.24) is 16.0 Å². The van der Waals surface area contributed by atoms with Gasteiger partial charge in [-0.15, -0.1) is 0 Å². The van der Waals surface area contributed by atoms with Crippen LogP contribution in [-0.2, 0) is 32.0 Å². The number of methoxy groups -OCH3 is 1. The van der Waals surface area contributed by atoms with E-state index in [0.717, 1.165) is 11.1 Å². The molecule has 3 unspecified atom stereocenters. The van der Waals surface area contributed by atoms with Crippen LogP contribution in [-0.4, -0.2) is 54.5 Å². The van der Waals surface area contributed by atoms with Crippen LogP contribution >= 0.6 is 0 Å². The van der Waals surface area contributed by atoms with Crippen molar-refractivity contribution in [3.63, 3.8) is 0 Å². The maximum Gasteiger partial charge on any atom is 0.340 e. The number of nitrogens with one attached hydrogen (secondary N) is 3. The summed E-state index contributed by atoms with van der Waals surface area (Å²) < 4.78 is 10.9. The molecule has 0 aliphatic heterocycles. The Morgan fingerprint density at radius 2 is 1.71 bits per heavy atom. The number of hydrogen-bond acceptors (Lipinski definition) is 7. The van der Waals surface area contributed by atoms with Gasteiger partial charge in [0, 0.05) is 6.42 Å². The summed E-state index contributed by atoms with van der Waals surface area (Å²) in [6.07, 6.45) is 0.275. The predicted molar refractivity (Wildman–Crippen MR) is 156 cm³/mol. The van der Waals surface area contributed by atoms with Gasteiger partial charge in [-0.25, -0.2) is 9.59 Å². The summed E-state index contributed by atoms with van der Waals surface area (Å²) in [5.41, 5.74) is 1.94. The van der Waals surface area contributed by atoms with Crippen molar-refractivity contribution < 1.29 is 33.4 Å². The average Bonchev–Trinajstić information content (AvgIpc) is 2.95. The van der Waals surface area contributed by atoms with Crippen molar-refractivity contribution >= 4 is 34.7 Å². The Morgan fingerprint density at radius 3 is 2.33 bits per heavy atom. The van der Waals surface area contributed by atoms with Gasteiger partial charge in [-0.05, 0) is 48.6 Å². The van der Waals surface area contributed by atoms with Crippen LogP contribution in [0.25, 0.3) is 11.0 Å². The number of carbonyl (C=O) groups is 4. The Bertz CT molecular complexity index is 1520. The SMILES string of the molecule is CCC(C)C(NC(=O)CNC(=O)Cc1c(C)c2c(OC)cc(C)cc2oc1=O)C(=O)NC(Cc1ccccc1)C(=O)O. The lowest BCUT2D eigenvalue weighted by molar-refractivity contribution is -0.142. The maximum atomic E-state index is 13.1. The smallest absolute Gasteiger partial charge is 0.340 e. The number of rotatable bonds is 13. The zero-order chi connectivity index (χ0) is 31.0. The number of hydrogen-bond donors (Lipinski definition) is 4. The zero-order valence-corrected chi connectivity index (χ0v) is 24.4. The predicted octanol–water partition coefficient (Wildman–Crippen LogP) is 2.42. The maximum absolute atomic E-state index is 13.1. The van der Waals surface area contributed by atoms with Crippen LogP contribution < -0.4 is 26.3 Å². The van der Waals surface area contributed by atoms with Gasteiger partial charge in [0.2, 0.25) is 17.7 Å². The fourth-order valence-electron chi connectivity index (χ4n) is 4.64. The summed E-state index contributed by atoms with van der Waals surface area (Å²) in [7, 11) is 1.50. The van der Waals surface area contributed by atoms with Crippen LogP contribution in [0.4, 0.5) is 0 Å². The number of carboxylic acids is 1. The molecular weight excluding hydrogens is 542 g/mol. The third kappa shape index (κ3) is 7.96. The van der Waals surface area contributed by atoms with E-state index in [-0.39, 0.29) is 24.3 Å². The zero-order valence-electron chi connectivity index (χ0n) is 24.4. The van der Waals surface area contributed by atoms with Crippen LogP contribution in [0.3, 0.4) is 0 Å². The van der Waals surface area contributed by atoms with Crippen LogP contribution in [0, 0.1) is 19.8 Å². The molecular formula is C31H37N3O8. The van der Waals surface area contributed by atoms with E-state index >= 15 is 0 Å². The highest BCUT2D eigenvalue weighted by molar-refractivity contribution is 5.93. The molecule has 0 saturated heterocycles. The van der Waals surface area contributed by atoms with Crippen LogP contribution in [0.1, 0.15) is 42.5 Å². The van der Waals surface area contributed by atoms with Gasteiger partial charge in [0.05, 0.1) is 31.0 Å². The van der Waals surface area contributed by atoms with Crippen molar-refractivity contribution in [2.24, 2.45) is 5.92 Å². The molecule has 1 heterocycles. The number of carbonyl (C=O) groups excluding carboxylic acids is 3. The van der Waals surface area contributed by atoms with E-state index in [1.54, 1.807) is 56.3 Å². The highest BCUT2D eigenvalue weighted by Crippen LogP contribution is 2.30. The largest absolute Gasteiger partial charge is 0.496 e. The molecule has 0 spiro atoms. The Kier molecular flexibility index (Phi) is 10.8. The lowest BCUT2D eigenvalue weighted by atomic mass is 9.97. The molecule has 3 amide bonds. The van der Waals surface area contributed by atoms with Crippen LogP contribution in [0.15, 0.2) is 51.7 Å². The number of fused-ring (bicyclic) bond motifs is 1. The van der Waals surface area contributed by atoms with Crippen LogP contribution in [0.5, 0.6) is 5.75 Å². The molecule has 2 aromatic carbocycles. The van der Waals surface area contributed by atoms with Crippen molar-refractivity contribution in [3.05, 3.63) is 75.1 Å². The summed E-state index contributed by atoms with van der Waals surface area (Å²) >= 11 is 0. The van der Waals surface area contributed by atoms with E-state index in [1.807, 2.05) is 13.8 Å². The molecule has 0 fully saturated rings. The van der Waals surface area contributed by atoms with E-state index in [1.165, 1.54) is 7.11 Å². The van der Waals surface area contributed by atoms with Gasteiger partial charge in [-0.3, -0.25) is 14.4 Å². The molecule has 0 aliphatic rings. The van der Waals surface area contributed by atoms with Gasteiger partial charge >= 0.3 is 11.6 Å². The third-order valence-corrected chi connectivity index (χ3v) is 7.20. The Morgan fingerprint density at radius 1 is 1.02 bits per heavy atom. The summed E-state index contributed by atoms with van der Waals surface area (Å²) in [6, 6.07) is 10.2. The normalized spacial score (nSPS) is 13.1. The van der Waals surface area contributed by atoms with Crippen LogP contribution in [0.2, 0.25) is 0 Å². The summed E-state index contributed by atoms with van der Waals surface area (Å²) in [4.78, 5) is 63.1. The second-order valence-electron chi connectivity index (χ2n) is 10.3. The van der Waals surface area contributed by atoms with Gasteiger partial charge in [0.1, 0.15) is 23.4 Å². The van der Waals surface area contributed by atoms with E-state index in [9.17, 15) is 29.1 Å². The highest BCUT2D eigenvalue weighted by Gasteiger charge is 2.30. The topological polar surface area (TPSA) is 164 Å². The van der Waals surface area contributed by atoms with E-state index in [4.69, 9.17) is 9.15 Å². The minimum atomic E-state index is -1.20. The van der Waals surface area contributed by atoms with E-state index < -0.39 is 47.9 Å². The molecule has 0 aliphatic carbocycles. The van der Waals surface area contributed by atoms with Gasteiger partial charge in [-0.1, -0.05) is 50.6 Å². The van der Waals surface area contributed by atoms with Crippen molar-refractivity contribution in [2.75, 3.05) is 13.7 Å². The lowest BCUT2D eigenvalue weighted by Gasteiger charge is -2.25. The standard InChI is InChI=1S/C31H37N3O8/c1-6-18(3)28(29(37)33-22(30(38)39)14-20-10-8-7-9-11-20)34-26(36)16-32-25(35)15-21-19(4)27-23(41-5)12-17(2)13-24(27)42-31(21)40/h7-13,18,22,28H,6,14-16H2,1-5H3,(H,32,35)(H,33,37)(H,34,36)(H,38,39). The Hall–Kier alpha value is -4.67.